The summed E-state index contributed by atoms with van der Waals surface area (Å²) in [6, 6.07) is 0. The lowest BCUT2D eigenvalue weighted by Crippen LogP contribution is -2.21. The highest BCUT2D eigenvalue weighted by atomic mass is 16.5. The largest absolute Gasteiger partial charge is 0.507 e. The number of rotatable bonds is 10. The molecule has 0 aliphatic carbocycles. The minimum absolute atomic E-state index is 0.0839. The van der Waals surface area contributed by atoms with Crippen LogP contribution in [0.1, 0.15) is 66.6 Å². The van der Waals surface area contributed by atoms with Crippen molar-refractivity contribution in [2.45, 2.75) is 65.6 Å². The fraction of sp³-hybridized carbons (Fsp3) is 0.545. The van der Waals surface area contributed by atoms with E-state index in [1.165, 1.54) is 7.11 Å². The predicted octanol–water partition coefficient (Wildman–Crippen LogP) is 3.51. The summed E-state index contributed by atoms with van der Waals surface area (Å²) >= 11 is 0. The molecular weight excluding hydrogens is 376 g/mol. The summed E-state index contributed by atoms with van der Waals surface area (Å²) in [6.07, 6.45) is 3.65. The molecule has 1 aromatic carbocycles. The van der Waals surface area contributed by atoms with Gasteiger partial charge < -0.3 is 24.8 Å². The standard InChI is InChI=1S/C22H30O7/c1-12(6-5-7-13(2)17(23)10-18(24)25)8-9-15-20(26)19-16(11-29-22(19)27)14(3)21(15)28-4/h8,13,17,23,26H,5-7,9-11H2,1-4H3,(H,24,25)/t13-,17+/m0/s1. The van der Waals surface area contributed by atoms with Crippen LogP contribution in [0.4, 0.5) is 0 Å². The van der Waals surface area contributed by atoms with Gasteiger partial charge in [-0.2, -0.15) is 0 Å². The molecule has 0 aromatic heterocycles. The second kappa shape index (κ2) is 9.78. The molecular formula is C22H30O7. The van der Waals surface area contributed by atoms with Crippen molar-refractivity contribution in [2.75, 3.05) is 7.11 Å². The number of methoxy groups -OCH3 is 1. The van der Waals surface area contributed by atoms with Crippen LogP contribution in [-0.4, -0.2) is 40.5 Å². The number of carboxylic acids is 1. The Morgan fingerprint density at radius 2 is 2.07 bits per heavy atom. The molecule has 0 unspecified atom stereocenters. The van der Waals surface area contributed by atoms with E-state index in [4.69, 9.17) is 14.6 Å². The van der Waals surface area contributed by atoms with Crippen molar-refractivity contribution in [1.82, 2.24) is 0 Å². The highest BCUT2D eigenvalue weighted by Gasteiger charge is 2.31. The first kappa shape index (κ1) is 22.7. The molecule has 0 fully saturated rings. The lowest BCUT2D eigenvalue weighted by Gasteiger charge is -2.17. The minimum atomic E-state index is -0.997. The number of carboxylic acid groups (broad SMARTS) is 1. The molecule has 1 aromatic rings. The van der Waals surface area contributed by atoms with Crippen molar-refractivity contribution in [2.24, 2.45) is 5.92 Å². The van der Waals surface area contributed by atoms with Gasteiger partial charge in [0.15, 0.2) is 0 Å². The molecule has 7 heteroatoms. The zero-order valence-corrected chi connectivity index (χ0v) is 17.4. The summed E-state index contributed by atoms with van der Waals surface area (Å²) in [6.45, 7) is 5.83. The lowest BCUT2D eigenvalue weighted by atomic mass is 9.93. The third-order valence-electron chi connectivity index (χ3n) is 5.57. The summed E-state index contributed by atoms with van der Waals surface area (Å²) in [4.78, 5) is 22.6. The molecule has 1 aliphatic rings. The molecule has 29 heavy (non-hydrogen) atoms. The number of aromatic hydroxyl groups is 1. The molecule has 0 bridgehead atoms. The number of phenols is 1. The number of aliphatic hydroxyl groups is 1. The van der Waals surface area contributed by atoms with E-state index in [-0.39, 0.29) is 30.3 Å². The smallest absolute Gasteiger partial charge is 0.342 e. The zero-order chi connectivity index (χ0) is 21.7. The number of ether oxygens (including phenoxy) is 2. The van der Waals surface area contributed by atoms with Crippen LogP contribution in [0.25, 0.3) is 0 Å². The first-order valence-electron chi connectivity index (χ1n) is 9.81. The van der Waals surface area contributed by atoms with Crippen LogP contribution in [0.3, 0.4) is 0 Å². The van der Waals surface area contributed by atoms with E-state index < -0.39 is 18.0 Å². The van der Waals surface area contributed by atoms with E-state index in [0.29, 0.717) is 23.3 Å². The van der Waals surface area contributed by atoms with Gasteiger partial charge in [-0.05, 0) is 51.0 Å². The number of allylic oxidation sites excluding steroid dienone is 2. The number of aliphatic carboxylic acids is 1. The van der Waals surface area contributed by atoms with Crippen molar-refractivity contribution in [3.8, 4) is 11.5 Å². The molecule has 2 rings (SSSR count). The van der Waals surface area contributed by atoms with Crippen LogP contribution in [0.15, 0.2) is 11.6 Å². The number of fused-ring (bicyclic) bond motifs is 1. The molecule has 2 atom stereocenters. The molecule has 1 heterocycles. The van der Waals surface area contributed by atoms with Gasteiger partial charge in [0.25, 0.3) is 0 Å². The van der Waals surface area contributed by atoms with Crippen molar-refractivity contribution >= 4 is 11.9 Å². The van der Waals surface area contributed by atoms with E-state index in [1.54, 1.807) is 0 Å². The Bertz CT molecular complexity index is 810. The number of benzene rings is 1. The maximum Gasteiger partial charge on any atom is 0.342 e. The zero-order valence-electron chi connectivity index (χ0n) is 17.4. The number of esters is 1. The number of hydrogen-bond donors (Lipinski definition) is 3. The van der Waals surface area contributed by atoms with E-state index in [9.17, 15) is 19.8 Å². The second-order valence-corrected chi connectivity index (χ2v) is 7.70. The van der Waals surface area contributed by atoms with Gasteiger partial charge in [-0.3, -0.25) is 4.79 Å². The summed E-state index contributed by atoms with van der Waals surface area (Å²) in [7, 11) is 1.54. The molecule has 0 saturated carbocycles. The Kier molecular flexibility index (Phi) is 7.67. The van der Waals surface area contributed by atoms with Crippen molar-refractivity contribution in [3.05, 3.63) is 33.9 Å². The third-order valence-corrected chi connectivity index (χ3v) is 5.57. The number of aliphatic hydroxyl groups excluding tert-OH is 1. The van der Waals surface area contributed by atoms with Crippen LogP contribution < -0.4 is 4.74 Å². The van der Waals surface area contributed by atoms with E-state index in [2.05, 4.69) is 0 Å². The number of carbonyl (C=O) groups excluding carboxylic acids is 1. The third kappa shape index (κ3) is 5.29. The fourth-order valence-electron chi connectivity index (χ4n) is 3.68. The van der Waals surface area contributed by atoms with Crippen LogP contribution in [-0.2, 0) is 22.6 Å². The first-order valence-corrected chi connectivity index (χ1v) is 9.81. The van der Waals surface area contributed by atoms with Crippen molar-refractivity contribution in [3.63, 3.8) is 0 Å². The number of cyclic esters (lactones) is 1. The molecule has 0 spiro atoms. The van der Waals surface area contributed by atoms with Gasteiger partial charge in [-0.15, -0.1) is 0 Å². The topological polar surface area (TPSA) is 113 Å². The van der Waals surface area contributed by atoms with Crippen molar-refractivity contribution < 1.29 is 34.4 Å². The lowest BCUT2D eigenvalue weighted by molar-refractivity contribution is -0.139. The van der Waals surface area contributed by atoms with Crippen LogP contribution in [0, 0.1) is 12.8 Å². The monoisotopic (exact) mass is 406 g/mol. The van der Waals surface area contributed by atoms with E-state index in [0.717, 1.165) is 30.4 Å². The molecule has 3 N–H and O–H groups in total. The minimum Gasteiger partial charge on any atom is -0.507 e. The predicted molar refractivity (Wildman–Crippen MR) is 107 cm³/mol. The van der Waals surface area contributed by atoms with Gasteiger partial charge in [0.1, 0.15) is 23.7 Å². The van der Waals surface area contributed by atoms with Gasteiger partial charge in [-0.1, -0.05) is 18.6 Å². The van der Waals surface area contributed by atoms with Gasteiger partial charge in [0.2, 0.25) is 0 Å². The summed E-state index contributed by atoms with van der Waals surface area (Å²) in [5.41, 5.74) is 3.36. The molecule has 0 saturated heterocycles. The SMILES string of the molecule is COc1c(C)c2c(c(O)c1CC=C(C)CCC[C@H](C)[C@H](O)CC(=O)O)C(=O)OC2. The highest BCUT2D eigenvalue weighted by molar-refractivity contribution is 5.98. The average molecular weight is 406 g/mol. The Labute approximate surface area is 171 Å². The fourth-order valence-corrected chi connectivity index (χ4v) is 3.68. The second-order valence-electron chi connectivity index (χ2n) is 7.70. The van der Waals surface area contributed by atoms with E-state index >= 15 is 0 Å². The maximum absolute atomic E-state index is 12.0. The van der Waals surface area contributed by atoms with Gasteiger partial charge in [-0.25, -0.2) is 4.79 Å². The Balaban J connectivity index is 2.04. The highest BCUT2D eigenvalue weighted by Crippen LogP contribution is 2.42. The number of hydrogen-bond acceptors (Lipinski definition) is 6. The first-order chi connectivity index (χ1) is 13.7. The Hall–Kier alpha value is -2.54. The summed E-state index contributed by atoms with van der Waals surface area (Å²) in [5.74, 6) is -1.12. The van der Waals surface area contributed by atoms with Gasteiger partial charge >= 0.3 is 11.9 Å². The Morgan fingerprint density at radius 1 is 1.38 bits per heavy atom. The summed E-state index contributed by atoms with van der Waals surface area (Å²) < 4.78 is 10.5. The molecule has 160 valence electrons. The summed E-state index contributed by atoms with van der Waals surface area (Å²) in [5, 5.41) is 29.2. The molecule has 0 amide bonds. The van der Waals surface area contributed by atoms with Gasteiger partial charge in [0, 0.05) is 11.1 Å². The van der Waals surface area contributed by atoms with Gasteiger partial charge in [0.05, 0.1) is 19.6 Å². The average Bonchev–Trinajstić information content (AvgIpc) is 3.04. The number of carbonyl (C=O) groups is 2. The molecule has 7 nitrogen and oxygen atoms in total. The van der Waals surface area contributed by atoms with Crippen LogP contribution in [0.2, 0.25) is 0 Å². The normalized spacial score (nSPS) is 15.6. The van der Waals surface area contributed by atoms with Crippen molar-refractivity contribution in [1.29, 1.82) is 0 Å². The Morgan fingerprint density at radius 3 is 2.69 bits per heavy atom. The number of phenolic OH excluding ortho intramolecular Hbond substituents is 1. The molecule has 1 aliphatic heterocycles. The van der Waals surface area contributed by atoms with Crippen LogP contribution >= 0.6 is 0 Å². The maximum atomic E-state index is 12.0. The van der Waals surface area contributed by atoms with Crippen LogP contribution in [0.5, 0.6) is 11.5 Å². The van der Waals surface area contributed by atoms with E-state index in [1.807, 2.05) is 26.8 Å². The molecule has 0 radical (unpaired) electrons. The quantitative estimate of drug-likeness (QED) is 0.402.